The summed E-state index contributed by atoms with van der Waals surface area (Å²) in [6.07, 6.45) is 1.45. The van der Waals surface area contributed by atoms with Crippen molar-refractivity contribution in [2.45, 2.75) is 11.8 Å². The highest BCUT2D eigenvalue weighted by Gasteiger charge is 2.27. The summed E-state index contributed by atoms with van der Waals surface area (Å²) in [4.78, 5) is 12.5. The summed E-state index contributed by atoms with van der Waals surface area (Å²) in [5.41, 5.74) is 0.524. The lowest BCUT2D eigenvalue weighted by Crippen LogP contribution is -2.16. The number of carbonyl (C=O) groups is 1. The van der Waals surface area contributed by atoms with Crippen LogP contribution in [0.3, 0.4) is 0 Å². The number of sulfone groups is 1. The number of carbonyl (C=O) groups excluding carboxylic acids is 1. The number of ether oxygens (including phenoxy) is 3. The van der Waals surface area contributed by atoms with Gasteiger partial charge in [0.05, 0.1) is 36.5 Å². The molecular weight excluding hydrogens is 384 g/mol. The Kier molecular flexibility index (Phi) is 5.60. The first-order valence-corrected chi connectivity index (χ1v) is 10.1. The van der Waals surface area contributed by atoms with E-state index in [4.69, 9.17) is 18.6 Å². The molecule has 3 aromatic rings. The number of methoxy groups -OCH3 is 2. The van der Waals surface area contributed by atoms with Crippen LogP contribution in [-0.2, 0) is 9.84 Å². The highest BCUT2D eigenvalue weighted by atomic mass is 32.2. The molecule has 0 bridgehead atoms. The third-order valence-corrected chi connectivity index (χ3v) is 5.93. The van der Waals surface area contributed by atoms with E-state index < -0.39 is 9.84 Å². The van der Waals surface area contributed by atoms with Crippen molar-refractivity contribution in [2.75, 3.05) is 26.6 Å². The van der Waals surface area contributed by atoms with E-state index in [1.165, 1.54) is 39.5 Å². The first-order valence-electron chi connectivity index (χ1n) is 8.47. The van der Waals surface area contributed by atoms with Gasteiger partial charge in [0.1, 0.15) is 17.9 Å². The summed E-state index contributed by atoms with van der Waals surface area (Å²) in [6, 6.07) is 9.75. The maximum Gasteiger partial charge on any atom is 0.205 e. The zero-order valence-electron chi connectivity index (χ0n) is 15.7. The van der Waals surface area contributed by atoms with Crippen molar-refractivity contribution in [3.63, 3.8) is 0 Å². The Hall–Kier alpha value is -3.00. The van der Waals surface area contributed by atoms with Crippen molar-refractivity contribution in [3.8, 4) is 17.2 Å². The molecule has 0 aliphatic heterocycles. The van der Waals surface area contributed by atoms with Gasteiger partial charge in [0.25, 0.3) is 0 Å². The Bertz CT molecular complexity index is 1100. The molecule has 0 fully saturated rings. The summed E-state index contributed by atoms with van der Waals surface area (Å²) in [5, 5.41) is 0.564. The smallest absolute Gasteiger partial charge is 0.205 e. The van der Waals surface area contributed by atoms with Gasteiger partial charge in [-0.1, -0.05) is 18.2 Å². The molecule has 0 radical (unpaired) electrons. The van der Waals surface area contributed by atoms with Crippen molar-refractivity contribution in [1.29, 1.82) is 0 Å². The molecule has 0 spiro atoms. The number of rotatable bonds is 8. The first-order chi connectivity index (χ1) is 13.4. The number of hydrogen-bond acceptors (Lipinski definition) is 7. The standard InChI is InChI=1S/C20H20O7S/c1-13(21)16-17(24-2)15-9-10-26-18(15)20(25-3)19(16)27-11-12-28(22,23)14-7-5-4-6-8-14/h4-10H,11-12H2,1-3H3. The molecule has 0 N–H and O–H groups in total. The number of hydrogen-bond donors (Lipinski definition) is 0. The fourth-order valence-electron chi connectivity index (χ4n) is 2.97. The fourth-order valence-corrected chi connectivity index (χ4v) is 4.08. The Balaban J connectivity index is 1.98. The van der Waals surface area contributed by atoms with Gasteiger partial charge in [-0.3, -0.25) is 4.79 Å². The van der Waals surface area contributed by atoms with Gasteiger partial charge >= 0.3 is 0 Å². The third-order valence-electron chi connectivity index (χ3n) is 4.24. The summed E-state index contributed by atoms with van der Waals surface area (Å²) in [5.74, 6) is 0.0218. The van der Waals surface area contributed by atoms with Crippen LogP contribution in [0.5, 0.6) is 17.2 Å². The van der Waals surface area contributed by atoms with Gasteiger partial charge in [-0.15, -0.1) is 0 Å². The molecule has 2 aromatic carbocycles. The monoisotopic (exact) mass is 404 g/mol. The lowest BCUT2D eigenvalue weighted by atomic mass is 10.0. The molecule has 0 unspecified atom stereocenters. The van der Waals surface area contributed by atoms with Crippen LogP contribution in [0.4, 0.5) is 0 Å². The number of Topliss-reactive ketones (excluding diaryl/α,β-unsaturated/α-hetero) is 1. The molecule has 8 heteroatoms. The average Bonchev–Trinajstić information content (AvgIpc) is 3.16. The minimum Gasteiger partial charge on any atom is -0.495 e. The van der Waals surface area contributed by atoms with Crippen LogP contribution in [0, 0.1) is 0 Å². The van der Waals surface area contributed by atoms with Crippen molar-refractivity contribution in [2.24, 2.45) is 0 Å². The predicted octanol–water partition coefficient (Wildman–Crippen LogP) is 3.51. The van der Waals surface area contributed by atoms with Gasteiger partial charge in [-0.2, -0.15) is 0 Å². The molecule has 0 aliphatic rings. The summed E-state index contributed by atoms with van der Waals surface area (Å²) in [6.45, 7) is 1.19. The molecule has 7 nitrogen and oxygen atoms in total. The van der Waals surface area contributed by atoms with Crippen molar-refractivity contribution < 1.29 is 31.8 Å². The SMILES string of the molecule is COc1c(C(C)=O)c(OCCS(=O)(=O)c2ccccc2)c(OC)c2occc12. The van der Waals surface area contributed by atoms with Crippen LogP contribution in [0.2, 0.25) is 0 Å². The zero-order chi connectivity index (χ0) is 20.3. The second-order valence-electron chi connectivity index (χ2n) is 5.97. The predicted molar refractivity (Wildman–Crippen MR) is 103 cm³/mol. The number of benzene rings is 2. The molecule has 0 saturated heterocycles. The zero-order valence-corrected chi connectivity index (χ0v) is 16.5. The van der Waals surface area contributed by atoms with Gasteiger partial charge in [0, 0.05) is 0 Å². The maximum absolute atomic E-state index is 12.5. The second-order valence-corrected chi connectivity index (χ2v) is 8.08. The molecule has 0 saturated carbocycles. The lowest BCUT2D eigenvalue weighted by Gasteiger charge is -2.17. The highest BCUT2D eigenvalue weighted by Crippen LogP contribution is 2.46. The maximum atomic E-state index is 12.5. The van der Waals surface area contributed by atoms with Gasteiger partial charge in [-0.25, -0.2) is 8.42 Å². The van der Waals surface area contributed by atoms with E-state index in [1.807, 2.05) is 0 Å². The fraction of sp³-hybridized carbons (Fsp3) is 0.250. The average molecular weight is 404 g/mol. The van der Waals surface area contributed by atoms with Crippen molar-refractivity contribution in [3.05, 3.63) is 48.2 Å². The van der Waals surface area contributed by atoms with Gasteiger partial charge in [-0.05, 0) is 25.1 Å². The molecule has 1 heterocycles. The van der Waals surface area contributed by atoms with Crippen LogP contribution in [-0.4, -0.2) is 40.8 Å². The quantitative estimate of drug-likeness (QED) is 0.531. The Morgan fingerprint density at radius 3 is 2.29 bits per heavy atom. The topological polar surface area (TPSA) is 92.0 Å². The summed E-state index contributed by atoms with van der Waals surface area (Å²) >= 11 is 0. The van der Waals surface area contributed by atoms with E-state index in [0.29, 0.717) is 11.0 Å². The Morgan fingerprint density at radius 2 is 1.68 bits per heavy atom. The number of furan rings is 1. The van der Waals surface area contributed by atoms with E-state index in [0.717, 1.165) is 0 Å². The van der Waals surface area contributed by atoms with Crippen LogP contribution in [0.1, 0.15) is 17.3 Å². The molecule has 0 aliphatic carbocycles. The van der Waals surface area contributed by atoms with E-state index >= 15 is 0 Å². The van der Waals surface area contributed by atoms with Gasteiger partial charge < -0.3 is 18.6 Å². The Labute approximate surface area is 162 Å². The van der Waals surface area contributed by atoms with Crippen molar-refractivity contribution in [1.82, 2.24) is 0 Å². The molecule has 3 rings (SSSR count). The molecule has 148 valence electrons. The van der Waals surface area contributed by atoms with E-state index in [2.05, 4.69) is 0 Å². The van der Waals surface area contributed by atoms with Crippen LogP contribution in [0.25, 0.3) is 11.0 Å². The highest BCUT2D eigenvalue weighted by molar-refractivity contribution is 7.91. The normalized spacial score (nSPS) is 11.4. The molecule has 28 heavy (non-hydrogen) atoms. The largest absolute Gasteiger partial charge is 0.495 e. The molecule has 0 amide bonds. The molecule has 0 atom stereocenters. The summed E-state index contributed by atoms with van der Waals surface area (Å²) < 4.78 is 46.9. The first kappa shape index (κ1) is 19.8. The van der Waals surface area contributed by atoms with E-state index in [1.54, 1.807) is 24.3 Å². The second kappa shape index (κ2) is 7.93. The molecule has 1 aromatic heterocycles. The lowest BCUT2D eigenvalue weighted by molar-refractivity contribution is 0.101. The van der Waals surface area contributed by atoms with Crippen LogP contribution < -0.4 is 14.2 Å². The van der Waals surface area contributed by atoms with Gasteiger partial charge in [0.15, 0.2) is 27.0 Å². The number of ketones is 1. The van der Waals surface area contributed by atoms with Crippen molar-refractivity contribution >= 4 is 26.6 Å². The molecular formula is C20H20O7S. The summed E-state index contributed by atoms with van der Waals surface area (Å²) in [7, 11) is -0.683. The minimum atomic E-state index is -3.54. The van der Waals surface area contributed by atoms with E-state index in [-0.39, 0.29) is 45.9 Å². The van der Waals surface area contributed by atoms with Gasteiger partial charge in [0.2, 0.25) is 5.75 Å². The minimum absolute atomic E-state index is 0.0950. The van der Waals surface area contributed by atoms with E-state index in [9.17, 15) is 13.2 Å². The Morgan fingerprint density at radius 1 is 1.00 bits per heavy atom. The van der Waals surface area contributed by atoms with Crippen LogP contribution >= 0.6 is 0 Å². The van der Waals surface area contributed by atoms with Crippen LogP contribution in [0.15, 0.2) is 52.0 Å². The number of fused-ring (bicyclic) bond motifs is 1. The third kappa shape index (κ3) is 3.55.